The van der Waals surface area contributed by atoms with Gasteiger partial charge in [0.1, 0.15) is 28.6 Å². The minimum absolute atomic E-state index is 0.0379. The molecule has 12 heteroatoms. The van der Waals surface area contributed by atoms with Crippen molar-refractivity contribution in [1.82, 2.24) is 24.6 Å². The zero-order chi connectivity index (χ0) is 33.1. The molecule has 0 bridgehead atoms. The number of hydrogen-bond donors (Lipinski definition) is 2. The quantitative estimate of drug-likeness (QED) is 0.202. The van der Waals surface area contributed by atoms with E-state index in [2.05, 4.69) is 25.1 Å². The van der Waals surface area contributed by atoms with Crippen LogP contribution in [0.25, 0.3) is 17.0 Å². The maximum absolute atomic E-state index is 15.3. The van der Waals surface area contributed by atoms with E-state index >= 15 is 4.39 Å². The lowest BCUT2D eigenvalue weighted by Crippen LogP contribution is -2.45. The number of imidazole rings is 1. The molecule has 5 heterocycles. The molecule has 0 radical (unpaired) electrons. The Morgan fingerprint density at radius 1 is 1.00 bits per heavy atom. The lowest BCUT2D eigenvalue weighted by Gasteiger charge is -2.34. The average Bonchev–Trinajstić information content (AvgIpc) is 3.48. The third-order valence-corrected chi connectivity index (χ3v) is 8.71. The number of nitrogens with one attached hydrogen (secondary N) is 1. The predicted molar refractivity (Wildman–Crippen MR) is 177 cm³/mol. The molecular weight excluding hydrogens is 607 g/mol. The average molecular weight is 648 g/mol. The van der Waals surface area contributed by atoms with Crippen molar-refractivity contribution < 1.29 is 22.7 Å². The van der Waals surface area contributed by atoms with Gasteiger partial charge in [0.2, 0.25) is 0 Å². The molecule has 248 valence electrons. The number of carbonyl (C=O) groups is 1. The number of likely N-dealkylation sites (tertiary alicyclic amines) is 1. The minimum Gasteiger partial charge on any atom is -0.490 e. The van der Waals surface area contributed by atoms with Crippen LogP contribution in [0.5, 0.6) is 5.75 Å². The summed E-state index contributed by atoms with van der Waals surface area (Å²) in [5, 5.41) is 3.14. The van der Waals surface area contributed by atoms with Crippen LogP contribution in [0, 0.1) is 0 Å². The van der Waals surface area contributed by atoms with Crippen molar-refractivity contribution in [3.05, 3.63) is 83.6 Å². The number of piperidine rings is 2. The molecule has 2 aliphatic rings. The third-order valence-electron chi connectivity index (χ3n) is 8.71. The van der Waals surface area contributed by atoms with Crippen LogP contribution in [-0.2, 0) is 0 Å². The van der Waals surface area contributed by atoms with E-state index in [1.54, 1.807) is 28.9 Å². The third kappa shape index (κ3) is 7.70. The first kappa shape index (κ1) is 32.4. The first-order valence-electron chi connectivity index (χ1n) is 16.1. The van der Waals surface area contributed by atoms with Crippen LogP contribution in [0.3, 0.4) is 0 Å². The van der Waals surface area contributed by atoms with Crippen molar-refractivity contribution in [2.24, 2.45) is 0 Å². The Bertz CT molecular complexity index is 1740. The lowest BCUT2D eigenvalue weighted by molar-refractivity contribution is 0.0905. The number of nitrogen functional groups attached to an aromatic ring is 1. The Hall–Kier alpha value is -4.58. The van der Waals surface area contributed by atoms with E-state index in [4.69, 9.17) is 10.5 Å². The Labute approximate surface area is 272 Å². The van der Waals surface area contributed by atoms with E-state index in [9.17, 15) is 13.6 Å². The molecule has 0 unspecified atom stereocenters. The van der Waals surface area contributed by atoms with Gasteiger partial charge in [-0.15, -0.1) is 0 Å². The highest BCUT2D eigenvalue weighted by molar-refractivity contribution is 5.97. The van der Waals surface area contributed by atoms with Crippen LogP contribution in [0.1, 0.15) is 62.0 Å². The Balaban J connectivity index is 1.07. The van der Waals surface area contributed by atoms with Crippen molar-refractivity contribution in [3.63, 3.8) is 0 Å². The highest BCUT2D eigenvalue weighted by Gasteiger charge is 2.26. The minimum atomic E-state index is -2.69. The summed E-state index contributed by atoms with van der Waals surface area (Å²) in [6.07, 6.45) is 3.21. The van der Waals surface area contributed by atoms with Gasteiger partial charge in [0.15, 0.2) is 0 Å². The van der Waals surface area contributed by atoms with Gasteiger partial charge in [-0.1, -0.05) is 6.07 Å². The molecule has 9 nitrogen and oxygen atoms in total. The van der Waals surface area contributed by atoms with E-state index in [-0.39, 0.29) is 29.6 Å². The zero-order valence-corrected chi connectivity index (χ0v) is 26.6. The van der Waals surface area contributed by atoms with Gasteiger partial charge >= 0.3 is 0 Å². The maximum Gasteiger partial charge on any atom is 0.280 e. The number of carbonyl (C=O) groups excluding carboxylic acids is 1. The molecule has 4 aromatic rings. The number of rotatable bonds is 9. The maximum atomic E-state index is 15.3. The SMILES string of the molecule is CC(C)Oc1cc2nc(-c3cccc(C(F)F)n3)cn2cc1C(=O)NC1CCN(CC(F)=C2CCN(c3ccc(N)cc3)CC2)CC1. The molecule has 2 aliphatic heterocycles. The molecule has 1 amide bonds. The molecule has 2 saturated heterocycles. The van der Waals surface area contributed by atoms with Crippen LogP contribution in [0.2, 0.25) is 0 Å². The van der Waals surface area contributed by atoms with Crippen molar-refractivity contribution in [1.29, 1.82) is 0 Å². The van der Waals surface area contributed by atoms with Crippen molar-refractivity contribution in [3.8, 4) is 17.1 Å². The highest BCUT2D eigenvalue weighted by atomic mass is 19.3. The van der Waals surface area contributed by atoms with Gasteiger partial charge in [-0.3, -0.25) is 9.69 Å². The van der Waals surface area contributed by atoms with E-state index in [0.29, 0.717) is 73.7 Å². The van der Waals surface area contributed by atoms with Crippen LogP contribution in [0.15, 0.2) is 72.3 Å². The summed E-state index contributed by atoms with van der Waals surface area (Å²) in [7, 11) is 0. The van der Waals surface area contributed by atoms with Gasteiger partial charge in [0.25, 0.3) is 12.3 Å². The van der Waals surface area contributed by atoms with Gasteiger partial charge < -0.3 is 25.1 Å². The molecule has 47 heavy (non-hydrogen) atoms. The molecular formula is C35H40F3N7O2. The monoisotopic (exact) mass is 647 g/mol. The lowest BCUT2D eigenvalue weighted by atomic mass is 10.0. The number of pyridine rings is 2. The zero-order valence-electron chi connectivity index (χ0n) is 26.6. The summed E-state index contributed by atoms with van der Waals surface area (Å²) >= 11 is 0. The van der Waals surface area contributed by atoms with Gasteiger partial charge in [-0.25, -0.2) is 23.1 Å². The predicted octanol–water partition coefficient (Wildman–Crippen LogP) is 6.42. The molecule has 0 aliphatic carbocycles. The fraction of sp³-hybridized carbons (Fsp3) is 0.400. The summed E-state index contributed by atoms with van der Waals surface area (Å²) in [5.41, 5.74) is 9.76. The van der Waals surface area contributed by atoms with Crippen molar-refractivity contribution >= 4 is 22.9 Å². The number of nitrogens with two attached hydrogens (primary N) is 1. The Kier molecular flexibility index (Phi) is 9.67. The van der Waals surface area contributed by atoms with Crippen LogP contribution in [-0.4, -0.2) is 70.0 Å². The number of halogens is 3. The number of fused-ring (bicyclic) bond motifs is 1. The fourth-order valence-electron chi connectivity index (χ4n) is 6.17. The first-order chi connectivity index (χ1) is 22.6. The second kappa shape index (κ2) is 14.0. The smallest absolute Gasteiger partial charge is 0.280 e. The van der Waals surface area contributed by atoms with Gasteiger partial charge in [0.05, 0.1) is 23.9 Å². The molecule has 0 spiro atoms. The van der Waals surface area contributed by atoms with Crippen molar-refractivity contribution in [2.75, 3.05) is 43.4 Å². The molecule has 0 saturated carbocycles. The van der Waals surface area contributed by atoms with Gasteiger partial charge in [-0.05, 0) is 81.5 Å². The normalized spacial score (nSPS) is 16.3. The van der Waals surface area contributed by atoms with Gasteiger partial charge in [0, 0.05) is 62.1 Å². The number of benzene rings is 1. The summed E-state index contributed by atoms with van der Waals surface area (Å²) in [5.74, 6) is 0.0595. The topological polar surface area (TPSA) is 101 Å². The van der Waals surface area contributed by atoms with Gasteiger partial charge in [-0.2, -0.15) is 0 Å². The number of anilines is 2. The molecule has 3 N–H and O–H groups in total. The first-order valence-corrected chi connectivity index (χ1v) is 16.1. The molecule has 6 rings (SSSR count). The number of hydrogen-bond acceptors (Lipinski definition) is 7. The van der Waals surface area contributed by atoms with Crippen LogP contribution >= 0.6 is 0 Å². The van der Waals surface area contributed by atoms with E-state index in [1.165, 1.54) is 12.1 Å². The summed E-state index contributed by atoms with van der Waals surface area (Å²) < 4.78 is 49.4. The molecule has 0 atom stereocenters. The summed E-state index contributed by atoms with van der Waals surface area (Å²) in [4.78, 5) is 26.5. The van der Waals surface area contributed by atoms with E-state index < -0.39 is 6.43 Å². The largest absolute Gasteiger partial charge is 0.490 e. The highest BCUT2D eigenvalue weighted by Crippen LogP contribution is 2.29. The number of alkyl halides is 2. The second-order valence-corrected chi connectivity index (χ2v) is 12.5. The molecule has 2 fully saturated rings. The number of nitrogens with zero attached hydrogens (tertiary/aromatic N) is 5. The number of ether oxygens (including phenoxy) is 1. The number of amides is 1. The van der Waals surface area contributed by atoms with Crippen LogP contribution < -0.4 is 20.7 Å². The molecule has 1 aromatic carbocycles. The Morgan fingerprint density at radius 3 is 2.40 bits per heavy atom. The van der Waals surface area contributed by atoms with Crippen LogP contribution in [0.4, 0.5) is 24.5 Å². The fourth-order valence-corrected chi connectivity index (χ4v) is 6.17. The van der Waals surface area contributed by atoms with E-state index in [0.717, 1.165) is 30.0 Å². The Morgan fingerprint density at radius 2 is 1.72 bits per heavy atom. The van der Waals surface area contributed by atoms with Crippen molar-refractivity contribution in [2.45, 2.75) is 58.1 Å². The number of aromatic nitrogens is 3. The second-order valence-electron chi connectivity index (χ2n) is 12.5. The summed E-state index contributed by atoms with van der Waals surface area (Å²) in [6.45, 7) is 6.93. The molecule has 3 aromatic heterocycles. The summed E-state index contributed by atoms with van der Waals surface area (Å²) in [6, 6.07) is 13.8. The van der Waals surface area contributed by atoms with E-state index in [1.807, 2.05) is 38.1 Å². The standard InChI is InChI=1S/C35H40F3N7O2/c1-22(2)47-32-18-33-42-31(29-4-3-5-30(41-29)34(37)38)21-45(33)19-27(32)35(46)40-25-12-14-43(15-13-25)20-28(36)23-10-16-44(17-11-23)26-8-6-24(39)7-9-26/h3-9,18-19,21-22,25,34H,10-17,20,39H2,1-2H3,(H,40,46).